The summed E-state index contributed by atoms with van der Waals surface area (Å²) >= 11 is 0. The first-order chi connectivity index (χ1) is 7.35. The van der Waals surface area contributed by atoms with Gasteiger partial charge in [0.15, 0.2) is 0 Å². The molecule has 4 nitrogen and oxygen atoms in total. The second-order valence-electron chi connectivity index (χ2n) is 4.87. The van der Waals surface area contributed by atoms with Gasteiger partial charge in [0.25, 0.3) is 0 Å². The summed E-state index contributed by atoms with van der Waals surface area (Å²) < 4.78 is 5.78. The van der Waals surface area contributed by atoms with Crippen LogP contribution in [0.15, 0.2) is 11.8 Å². The number of nitrogens with zero attached hydrogens (tertiary/aromatic N) is 1. The van der Waals surface area contributed by atoms with Crippen molar-refractivity contribution >= 4 is 5.97 Å². The number of quaternary nitrogens is 1. The molecule has 0 aliphatic carbocycles. The summed E-state index contributed by atoms with van der Waals surface area (Å²) in [5.41, 5.74) is 0.861. The van der Waals surface area contributed by atoms with Crippen LogP contribution < -0.4 is 5.32 Å². The van der Waals surface area contributed by atoms with E-state index in [1.807, 2.05) is 6.92 Å². The van der Waals surface area contributed by atoms with E-state index < -0.39 is 0 Å². The van der Waals surface area contributed by atoms with Crippen LogP contribution in [0.2, 0.25) is 0 Å². The maximum absolute atomic E-state index is 11.1. The molecule has 0 unspecified atom stereocenters. The van der Waals surface area contributed by atoms with Gasteiger partial charge in [-0.3, -0.25) is 0 Å². The van der Waals surface area contributed by atoms with E-state index in [4.69, 9.17) is 4.74 Å². The van der Waals surface area contributed by atoms with Gasteiger partial charge in [0, 0.05) is 24.7 Å². The number of hydrogen-bond donors (Lipinski definition) is 1. The molecule has 1 N–H and O–H groups in total. The Labute approximate surface area is 98.9 Å². The fraction of sp³-hybridized carbons (Fsp3) is 0.750. The molecule has 94 valence electrons. The number of ether oxygens (including phenoxy) is 1. The van der Waals surface area contributed by atoms with Gasteiger partial charge in [-0.05, 0) is 13.8 Å². The molecule has 0 saturated carbocycles. The first-order valence-corrected chi connectivity index (χ1v) is 5.74. The summed E-state index contributed by atoms with van der Waals surface area (Å²) in [6, 6.07) is 0. The molecule has 0 radical (unpaired) electrons. The third kappa shape index (κ3) is 9.52. The van der Waals surface area contributed by atoms with Gasteiger partial charge in [-0.2, -0.15) is 0 Å². The van der Waals surface area contributed by atoms with Gasteiger partial charge in [-0.1, -0.05) is 0 Å². The fourth-order valence-electron chi connectivity index (χ4n) is 1.25. The Balaban J connectivity index is 3.73. The monoisotopic (exact) mass is 229 g/mol. The van der Waals surface area contributed by atoms with Crippen molar-refractivity contribution in [3.8, 4) is 0 Å². The lowest BCUT2D eigenvalue weighted by Crippen LogP contribution is -2.36. The average Bonchev–Trinajstić information content (AvgIpc) is 2.11. The Morgan fingerprint density at radius 2 is 2.00 bits per heavy atom. The Kier molecular flexibility index (Phi) is 6.81. The largest absolute Gasteiger partial charge is 0.463 e. The van der Waals surface area contributed by atoms with Crippen LogP contribution in [-0.2, 0) is 9.53 Å². The minimum Gasteiger partial charge on any atom is -0.463 e. The summed E-state index contributed by atoms with van der Waals surface area (Å²) in [7, 11) is 6.50. The molecular weight excluding hydrogens is 204 g/mol. The number of nitrogens with one attached hydrogen (secondary N) is 1. The Bertz CT molecular complexity index is 242. The van der Waals surface area contributed by atoms with Crippen LogP contribution in [0.1, 0.15) is 20.3 Å². The number of carbonyl (C=O) groups excluding carboxylic acids is 1. The summed E-state index contributed by atoms with van der Waals surface area (Å²) in [5.74, 6) is -0.279. The lowest BCUT2D eigenvalue weighted by atomic mass is 10.3. The molecule has 0 aliphatic rings. The van der Waals surface area contributed by atoms with Crippen LogP contribution >= 0.6 is 0 Å². The van der Waals surface area contributed by atoms with Gasteiger partial charge < -0.3 is 14.5 Å². The molecule has 0 rings (SSSR count). The maximum Gasteiger partial charge on any atom is 0.332 e. The molecule has 0 spiro atoms. The Morgan fingerprint density at radius 1 is 1.38 bits per heavy atom. The van der Waals surface area contributed by atoms with E-state index in [0.717, 1.165) is 29.7 Å². The maximum atomic E-state index is 11.1. The SMILES string of the molecule is CCOC(=O)/C=C(\C)NCCC[N+](C)(C)C. The van der Waals surface area contributed by atoms with Gasteiger partial charge in [0.05, 0.1) is 34.3 Å². The van der Waals surface area contributed by atoms with E-state index in [2.05, 4.69) is 26.5 Å². The molecule has 4 heteroatoms. The molecule has 0 aromatic carbocycles. The highest BCUT2D eigenvalue weighted by atomic mass is 16.5. The fourth-order valence-corrected chi connectivity index (χ4v) is 1.25. The van der Waals surface area contributed by atoms with Crippen LogP contribution in [0.4, 0.5) is 0 Å². The van der Waals surface area contributed by atoms with Crippen molar-refractivity contribution in [3.63, 3.8) is 0 Å². The summed E-state index contributed by atoms with van der Waals surface area (Å²) in [6.45, 7) is 6.10. The molecule has 0 atom stereocenters. The highest BCUT2D eigenvalue weighted by molar-refractivity contribution is 5.82. The number of rotatable bonds is 7. The molecule has 0 fully saturated rings. The van der Waals surface area contributed by atoms with Crippen molar-refractivity contribution in [2.75, 3.05) is 40.8 Å². The second-order valence-corrected chi connectivity index (χ2v) is 4.87. The standard InChI is InChI=1S/C12H24N2O2/c1-6-16-12(15)10-11(2)13-8-7-9-14(3,4)5/h10H,6-9H2,1-5H3/p+1. The van der Waals surface area contributed by atoms with E-state index in [1.165, 1.54) is 6.08 Å². The predicted octanol–water partition coefficient (Wildman–Crippen LogP) is 1.14. The van der Waals surface area contributed by atoms with Gasteiger partial charge in [-0.25, -0.2) is 4.79 Å². The number of allylic oxidation sites excluding steroid dienone is 1. The van der Waals surface area contributed by atoms with E-state index >= 15 is 0 Å². The summed E-state index contributed by atoms with van der Waals surface area (Å²) in [4.78, 5) is 11.1. The Hall–Kier alpha value is -1.03. The molecule has 0 bridgehead atoms. The van der Waals surface area contributed by atoms with Gasteiger partial charge in [-0.15, -0.1) is 0 Å². The molecular formula is C12H25N2O2+. The van der Waals surface area contributed by atoms with Gasteiger partial charge in [0.2, 0.25) is 0 Å². The summed E-state index contributed by atoms with van der Waals surface area (Å²) in [6.07, 6.45) is 2.58. The Morgan fingerprint density at radius 3 is 2.50 bits per heavy atom. The normalized spacial score (nSPS) is 12.4. The number of carbonyl (C=O) groups is 1. The molecule has 0 heterocycles. The van der Waals surface area contributed by atoms with Gasteiger partial charge >= 0.3 is 5.97 Å². The highest BCUT2D eigenvalue weighted by Crippen LogP contribution is 1.94. The molecule has 0 aromatic rings. The first kappa shape index (κ1) is 15.0. The van der Waals surface area contributed by atoms with Crippen molar-refractivity contribution in [2.45, 2.75) is 20.3 Å². The smallest absolute Gasteiger partial charge is 0.332 e. The van der Waals surface area contributed by atoms with Crippen LogP contribution in [-0.4, -0.2) is 51.3 Å². The molecule has 0 aromatic heterocycles. The van der Waals surface area contributed by atoms with Crippen LogP contribution in [0, 0.1) is 0 Å². The first-order valence-electron chi connectivity index (χ1n) is 5.74. The molecule has 0 saturated heterocycles. The van der Waals surface area contributed by atoms with Crippen molar-refractivity contribution in [1.82, 2.24) is 5.32 Å². The molecule has 0 amide bonds. The van der Waals surface area contributed by atoms with Crippen molar-refractivity contribution in [3.05, 3.63) is 11.8 Å². The minimum atomic E-state index is -0.279. The zero-order valence-electron chi connectivity index (χ0n) is 11.2. The third-order valence-electron chi connectivity index (χ3n) is 2.03. The quantitative estimate of drug-likeness (QED) is 0.308. The topological polar surface area (TPSA) is 38.3 Å². The zero-order chi connectivity index (χ0) is 12.6. The van der Waals surface area contributed by atoms with E-state index in [-0.39, 0.29) is 5.97 Å². The number of hydrogen-bond acceptors (Lipinski definition) is 3. The van der Waals surface area contributed by atoms with E-state index in [0.29, 0.717) is 6.61 Å². The second kappa shape index (κ2) is 7.28. The molecule has 0 aliphatic heterocycles. The van der Waals surface area contributed by atoms with E-state index in [1.54, 1.807) is 6.92 Å². The van der Waals surface area contributed by atoms with Crippen molar-refractivity contribution in [2.24, 2.45) is 0 Å². The van der Waals surface area contributed by atoms with Crippen LogP contribution in [0.25, 0.3) is 0 Å². The third-order valence-corrected chi connectivity index (χ3v) is 2.03. The lowest BCUT2D eigenvalue weighted by molar-refractivity contribution is -0.870. The lowest BCUT2D eigenvalue weighted by Gasteiger charge is -2.23. The highest BCUT2D eigenvalue weighted by Gasteiger charge is 2.05. The predicted molar refractivity (Wildman–Crippen MR) is 65.9 cm³/mol. The summed E-state index contributed by atoms with van der Waals surface area (Å²) in [5, 5.41) is 3.19. The average molecular weight is 229 g/mol. The van der Waals surface area contributed by atoms with Crippen LogP contribution in [0.5, 0.6) is 0 Å². The van der Waals surface area contributed by atoms with Crippen molar-refractivity contribution < 1.29 is 14.0 Å². The minimum absolute atomic E-state index is 0.279. The number of esters is 1. The van der Waals surface area contributed by atoms with E-state index in [9.17, 15) is 4.79 Å². The molecule has 16 heavy (non-hydrogen) atoms. The van der Waals surface area contributed by atoms with Gasteiger partial charge in [0.1, 0.15) is 0 Å². The zero-order valence-corrected chi connectivity index (χ0v) is 11.2. The van der Waals surface area contributed by atoms with Crippen molar-refractivity contribution in [1.29, 1.82) is 0 Å². The van der Waals surface area contributed by atoms with Crippen LogP contribution in [0.3, 0.4) is 0 Å².